The molecule has 1 aliphatic carbocycles. The highest BCUT2D eigenvalue weighted by molar-refractivity contribution is 5.82. The van der Waals surface area contributed by atoms with E-state index in [0.717, 1.165) is 0 Å². The zero-order valence-electron chi connectivity index (χ0n) is 8.16. The summed E-state index contributed by atoms with van der Waals surface area (Å²) in [5, 5.41) is 0. The monoisotopic (exact) mass is 248 g/mol. The molecular weight excluding hydrogens is 238 g/mol. The van der Waals surface area contributed by atoms with Crippen LogP contribution in [0, 0.1) is 5.92 Å². The summed E-state index contributed by atoms with van der Waals surface area (Å²) in [6.45, 7) is 0. The Labute approximate surface area is 87.8 Å². The summed E-state index contributed by atoms with van der Waals surface area (Å²) < 4.78 is 74.0. The zero-order chi connectivity index (χ0) is 12.6. The topological polar surface area (TPSA) is 17.1 Å². The Bertz CT molecular complexity index is 272. The number of ketones is 1. The summed E-state index contributed by atoms with van der Waals surface area (Å²) in [5.74, 6) is -8.13. The van der Waals surface area contributed by atoms with Gasteiger partial charge in [-0.2, -0.15) is 22.0 Å². The van der Waals surface area contributed by atoms with E-state index in [9.17, 15) is 31.1 Å². The third-order valence-electron chi connectivity index (χ3n) is 2.68. The van der Waals surface area contributed by atoms with Gasteiger partial charge < -0.3 is 0 Å². The van der Waals surface area contributed by atoms with Crippen LogP contribution in [0.25, 0.3) is 0 Å². The summed E-state index contributed by atoms with van der Waals surface area (Å²) >= 11 is 0. The van der Waals surface area contributed by atoms with E-state index in [4.69, 9.17) is 0 Å². The van der Waals surface area contributed by atoms with Crippen molar-refractivity contribution < 1.29 is 31.1 Å². The van der Waals surface area contributed by atoms with Gasteiger partial charge in [-0.3, -0.25) is 4.79 Å². The summed E-state index contributed by atoms with van der Waals surface area (Å²) in [5.41, 5.74) is 0. The molecule has 1 nitrogen and oxygen atoms in total. The maximum absolute atomic E-state index is 13.1. The number of hydrogen-bond acceptors (Lipinski definition) is 1. The van der Waals surface area contributed by atoms with Crippen molar-refractivity contribution >= 4 is 5.78 Å². The van der Waals surface area contributed by atoms with Gasteiger partial charge in [-0.1, -0.05) is 6.42 Å². The Kier molecular flexibility index (Phi) is 3.54. The standard InChI is InChI=1S/C9H10F6O/c10-7(8(11,12)9(13,14)15)5-3-1-2-4-6(5)16/h5,7H,1-4H2. The first-order chi connectivity index (χ1) is 7.18. The smallest absolute Gasteiger partial charge is 0.299 e. The molecule has 0 saturated heterocycles. The van der Waals surface area contributed by atoms with E-state index in [1.165, 1.54) is 0 Å². The maximum atomic E-state index is 13.1. The van der Waals surface area contributed by atoms with Crippen LogP contribution in [-0.2, 0) is 4.79 Å². The molecule has 2 atom stereocenters. The summed E-state index contributed by atoms with van der Waals surface area (Å²) in [6, 6.07) is 0. The Hall–Kier alpha value is -0.750. The number of hydrogen-bond donors (Lipinski definition) is 0. The number of carbonyl (C=O) groups is 1. The number of alkyl halides is 6. The number of halogens is 6. The molecule has 0 spiro atoms. The molecule has 0 aliphatic heterocycles. The number of rotatable bonds is 2. The predicted molar refractivity (Wildman–Crippen MR) is 42.9 cm³/mol. The van der Waals surface area contributed by atoms with Crippen molar-refractivity contribution in [2.45, 2.75) is 44.0 Å². The van der Waals surface area contributed by atoms with E-state index < -0.39 is 30.0 Å². The lowest BCUT2D eigenvalue weighted by Crippen LogP contribution is -2.50. The van der Waals surface area contributed by atoms with E-state index in [1.807, 2.05) is 0 Å². The minimum Gasteiger partial charge on any atom is -0.299 e. The zero-order valence-corrected chi connectivity index (χ0v) is 8.16. The minimum atomic E-state index is -5.95. The molecule has 1 saturated carbocycles. The van der Waals surface area contributed by atoms with Gasteiger partial charge in [-0.25, -0.2) is 4.39 Å². The first kappa shape index (κ1) is 13.3. The van der Waals surface area contributed by atoms with Crippen LogP contribution >= 0.6 is 0 Å². The Morgan fingerprint density at radius 3 is 2.12 bits per heavy atom. The van der Waals surface area contributed by atoms with Gasteiger partial charge in [-0.15, -0.1) is 0 Å². The molecule has 16 heavy (non-hydrogen) atoms. The van der Waals surface area contributed by atoms with E-state index >= 15 is 0 Å². The second-order valence-corrected chi connectivity index (χ2v) is 3.84. The molecule has 1 aliphatic rings. The van der Waals surface area contributed by atoms with E-state index in [1.54, 1.807) is 0 Å². The van der Waals surface area contributed by atoms with E-state index in [2.05, 4.69) is 0 Å². The molecule has 0 amide bonds. The largest absolute Gasteiger partial charge is 0.456 e. The first-order valence-corrected chi connectivity index (χ1v) is 4.79. The van der Waals surface area contributed by atoms with Gasteiger partial charge in [0.25, 0.3) is 0 Å². The molecule has 1 fully saturated rings. The molecule has 0 heterocycles. The van der Waals surface area contributed by atoms with Crippen LogP contribution in [0.4, 0.5) is 26.3 Å². The van der Waals surface area contributed by atoms with Crippen LogP contribution < -0.4 is 0 Å². The van der Waals surface area contributed by atoms with E-state index in [-0.39, 0.29) is 12.8 Å². The quantitative estimate of drug-likeness (QED) is 0.685. The average molecular weight is 248 g/mol. The molecule has 0 bridgehead atoms. The van der Waals surface area contributed by atoms with Crippen LogP contribution in [-0.4, -0.2) is 24.1 Å². The minimum absolute atomic E-state index is 0.126. The van der Waals surface area contributed by atoms with Gasteiger partial charge in [0, 0.05) is 6.42 Å². The Morgan fingerprint density at radius 1 is 1.12 bits per heavy atom. The summed E-state index contributed by atoms with van der Waals surface area (Å²) in [4.78, 5) is 11.1. The third-order valence-corrected chi connectivity index (χ3v) is 2.68. The summed E-state index contributed by atoms with van der Waals surface area (Å²) in [7, 11) is 0. The second kappa shape index (κ2) is 4.25. The molecule has 7 heteroatoms. The fraction of sp³-hybridized carbons (Fsp3) is 0.889. The molecule has 94 valence electrons. The van der Waals surface area contributed by atoms with Crippen molar-refractivity contribution in [3.8, 4) is 0 Å². The fourth-order valence-corrected chi connectivity index (χ4v) is 1.73. The van der Waals surface area contributed by atoms with Gasteiger partial charge in [0.2, 0.25) is 0 Å². The van der Waals surface area contributed by atoms with Crippen molar-refractivity contribution in [1.29, 1.82) is 0 Å². The molecule has 0 aromatic rings. The van der Waals surface area contributed by atoms with Crippen molar-refractivity contribution in [3.63, 3.8) is 0 Å². The predicted octanol–water partition coefficient (Wildman–Crippen LogP) is 3.28. The SMILES string of the molecule is O=C1CCCCC1C(F)C(F)(F)C(F)(F)F. The van der Waals surface area contributed by atoms with E-state index in [0.29, 0.717) is 12.8 Å². The van der Waals surface area contributed by atoms with Gasteiger partial charge in [0.15, 0.2) is 6.17 Å². The normalized spacial score (nSPS) is 25.6. The number of Topliss-reactive ketones (excluding diaryl/α,β-unsaturated/α-hetero) is 1. The molecule has 0 aromatic heterocycles. The van der Waals surface area contributed by atoms with Crippen LogP contribution in [0.5, 0.6) is 0 Å². The first-order valence-electron chi connectivity index (χ1n) is 4.79. The van der Waals surface area contributed by atoms with Crippen LogP contribution in [0.15, 0.2) is 0 Å². The molecule has 1 rings (SSSR count). The van der Waals surface area contributed by atoms with Crippen LogP contribution in [0.3, 0.4) is 0 Å². The average Bonchev–Trinajstić information content (AvgIpc) is 2.15. The molecular formula is C9H10F6O. The highest BCUT2D eigenvalue weighted by Gasteiger charge is 2.65. The second-order valence-electron chi connectivity index (χ2n) is 3.84. The summed E-state index contributed by atoms with van der Waals surface area (Å²) in [6.07, 6.45) is -9.08. The van der Waals surface area contributed by atoms with Crippen molar-refractivity contribution in [1.82, 2.24) is 0 Å². The highest BCUT2D eigenvalue weighted by atomic mass is 19.4. The van der Waals surface area contributed by atoms with Crippen LogP contribution in [0.2, 0.25) is 0 Å². The molecule has 2 unspecified atom stereocenters. The maximum Gasteiger partial charge on any atom is 0.456 e. The Morgan fingerprint density at radius 2 is 1.69 bits per heavy atom. The van der Waals surface area contributed by atoms with Crippen LogP contribution in [0.1, 0.15) is 25.7 Å². The fourth-order valence-electron chi connectivity index (χ4n) is 1.73. The van der Waals surface area contributed by atoms with Gasteiger partial charge in [-0.05, 0) is 12.8 Å². The molecule has 0 N–H and O–H groups in total. The van der Waals surface area contributed by atoms with Gasteiger partial charge in [0.05, 0.1) is 5.92 Å². The third kappa shape index (κ3) is 2.32. The van der Waals surface area contributed by atoms with Crippen molar-refractivity contribution in [3.05, 3.63) is 0 Å². The lowest BCUT2D eigenvalue weighted by molar-refractivity contribution is -0.308. The highest BCUT2D eigenvalue weighted by Crippen LogP contribution is 2.44. The Balaban J connectivity index is 2.83. The molecule has 0 aromatic carbocycles. The number of carbonyl (C=O) groups excluding carboxylic acids is 1. The van der Waals surface area contributed by atoms with Crippen molar-refractivity contribution in [2.75, 3.05) is 0 Å². The van der Waals surface area contributed by atoms with Gasteiger partial charge in [0.1, 0.15) is 5.78 Å². The lowest BCUT2D eigenvalue weighted by atomic mass is 9.82. The van der Waals surface area contributed by atoms with Gasteiger partial charge >= 0.3 is 12.1 Å². The lowest BCUT2D eigenvalue weighted by Gasteiger charge is -2.30. The van der Waals surface area contributed by atoms with Crippen molar-refractivity contribution in [2.24, 2.45) is 5.92 Å². The molecule has 0 radical (unpaired) electrons.